The molecule has 0 saturated carbocycles. The van der Waals surface area contributed by atoms with Crippen LogP contribution in [0.15, 0.2) is 23.8 Å². The molecule has 112 valence electrons. The lowest BCUT2D eigenvalue weighted by atomic mass is 9.74. The van der Waals surface area contributed by atoms with Crippen molar-refractivity contribution in [3.05, 3.63) is 23.8 Å². The number of hydrogen-bond donors (Lipinski definition) is 0. The number of hydrogen-bond acceptors (Lipinski definition) is 3. The Hall–Kier alpha value is -0.930. The zero-order chi connectivity index (χ0) is 14.6. The number of allylic oxidation sites excluding steroid dienone is 4. The smallest absolute Gasteiger partial charge is 0.162 e. The largest absolute Gasteiger partial charge is 0.350 e. The normalized spacial score (nSPS) is 25.1. The van der Waals surface area contributed by atoms with Crippen LogP contribution in [-0.4, -0.2) is 24.8 Å². The fraction of sp³-hybridized carbons (Fsp3) is 0.706. The van der Waals surface area contributed by atoms with Gasteiger partial charge in [0.1, 0.15) is 0 Å². The van der Waals surface area contributed by atoms with Gasteiger partial charge in [-0.15, -0.1) is 0 Å². The fourth-order valence-electron chi connectivity index (χ4n) is 2.78. The van der Waals surface area contributed by atoms with Crippen LogP contribution in [0.25, 0.3) is 0 Å². The fourth-order valence-corrected chi connectivity index (χ4v) is 2.78. The summed E-state index contributed by atoms with van der Waals surface area (Å²) in [4.78, 5) is 12.0. The SMILES string of the molecule is CCCCC=CC1=CC(=O)CC2(COC(C)(C)OC2)C1. The molecule has 0 aromatic rings. The van der Waals surface area contributed by atoms with Crippen molar-refractivity contribution in [3.63, 3.8) is 0 Å². The van der Waals surface area contributed by atoms with Gasteiger partial charge in [0.25, 0.3) is 0 Å². The molecule has 1 spiro atoms. The van der Waals surface area contributed by atoms with E-state index in [1.165, 1.54) is 12.8 Å². The summed E-state index contributed by atoms with van der Waals surface area (Å²) in [6, 6.07) is 0. The standard InChI is InChI=1S/C17H26O3/c1-4-5-6-7-8-14-9-15(18)11-17(10-14)12-19-16(2,3)20-13-17/h7-9H,4-6,10-13H2,1-3H3. The van der Waals surface area contributed by atoms with Crippen LogP contribution in [0.5, 0.6) is 0 Å². The Balaban J connectivity index is 2.00. The molecule has 2 rings (SSSR count). The van der Waals surface area contributed by atoms with Crippen molar-refractivity contribution >= 4 is 5.78 Å². The Bertz CT molecular complexity index is 408. The summed E-state index contributed by atoms with van der Waals surface area (Å²) in [7, 11) is 0. The first kappa shape index (κ1) is 15.5. The molecule has 0 bridgehead atoms. The molecule has 3 nitrogen and oxygen atoms in total. The zero-order valence-electron chi connectivity index (χ0n) is 12.9. The van der Waals surface area contributed by atoms with Crippen molar-refractivity contribution in [3.8, 4) is 0 Å². The minimum absolute atomic E-state index is 0.161. The van der Waals surface area contributed by atoms with E-state index in [9.17, 15) is 4.79 Å². The molecule has 1 aliphatic heterocycles. The molecule has 0 unspecified atom stereocenters. The Morgan fingerprint density at radius 2 is 1.95 bits per heavy atom. The summed E-state index contributed by atoms with van der Waals surface area (Å²) >= 11 is 0. The minimum Gasteiger partial charge on any atom is -0.350 e. The third-order valence-electron chi connectivity index (χ3n) is 3.98. The van der Waals surface area contributed by atoms with Crippen molar-refractivity contribution in [2.45, 2.75) is 58.7 Å². The lowest BCUT2D eigenvalue weighted by molar-refractivity contribution is -0.285. The maximum absolute atomic E-state index is 12.0. The molecule has 0 radical (unpaired) electrons. The van der Waals surface area contributed by atoms with Crippen LogP contribution >= 0.6 is 0 Å². The van der Waals surface area contributed by atoms with Gasteiger partial charge in [-0.3, -0.25) is 4.79 Å². The molecule has 1 fully saturated rings. The Kier molecular flexibility index (Phi) is 4.82. The second kappa shape index (κ2) is 6.23. The van der Waals surface area contributed by atoms with Crippen molar-refractivity contribution < 1.29 is 14.3 Å². The molecular formula is C17H26O3. The van der Waals surface area contributed by atoms with Gasteiger partial charge >= 0.3 is 0 Å². The molecule has 0 aromatic heterocycles. The molecule has 2 aliphatic rings. The van der Waals surface area contributed by atoms with E-state index in [0.29, 0.717) is 19.6 Å². The number of rotatable bonds is 4. The van der Waals surface area contributed by atoms with Gasteiger partial charge in [-0.2, -0.15) is 0 Å². The van der Waals surface area contributed by atoms with E-state index in [4.69, 9.17) is 9.47 Å². The molecule has 3 heteroatoms. The zero-order valence-corrected chi connectivity index (χ0v) is 12.9. The van der Waals surface area contributed by atoms with Gasteiger partial charge < -0.3 is 9.47 Å². The lowest BCUT2D eigenvalue weighted by Gasteiger charge is -2.44. The Labute approximate surface area is 122 Å². The quantitative estimate of drug-likeness (QED) is 0.734. The molecular weight excluding hydrogens is 252 g/mol. The highest BCUT2D eigenvalue weighted by atomic mass is 16.7. The van der Waals surface area contributed by atoms with E-state index in [-0.39, 0.29) is 11.2 Å². The predicted molar refractivity (Wildman–Crippen MR) is 79.4 cm³/mol. The molecule has 0 amide bonds. The van der Waals surface area contributed by atoms with Crippen LogP contribution in [0, 0.1) is 5.41 Å². The predicted octanol–water partition coefficient (Wildman–Crippen LogP) is 3.79. The van der Waals surface area contributed by atoms with Crippen molar-refractivity contribution in [1.82, 2.24) is 0 Å². The highest BCUT2D eigenvalue weighted by Crippen LogP contribution is 2.40. The summed E-state index contributed by atoms with van der Waals surface area (Å²) in [6.45, 7) is 7.24. The first-order valence-corrected chi connectivity index (χ1v) is 7.63. The molecule has 0 N–H and O–H groups in total. The highest BCUT2D eigenvalue weighted by molar-refractivity contribution is 5.92. The Morgan fingerprint density at radius 3 is 2.60 bits per heavy atom. The van der Waals surface area contributed by atoms with Crippen molar-refractivity contribution in [2.75, 3.05) is 13.2 Å². The number of carbonyl (C=O) groups excluding carboxylic acids is 1. The van der Waals surface area contributed by atoms with E-state index in [1.807, 2.05) is 13.8 Å². The summed E-state index contributed by atoms with van der Waals surface area (Å²) in [5.41, 5.74) is 0.954. The molecule has 20 heavy (non-hydrogen) atoms. The topological polar surface area (TPSA) is 35.5 Å². The second-order valence-electron chi connectivity index (χ2n) is 6.56. The van der Waals surface area contributed by atoms with Gasteiger partial charge in [0, 0.05) is 11.8 Å². The summed E-state index contributed by atoms with van der Waals surface area (Å²) in [6.07, 6.45) is 11.0. The number of unbranched alkanes of at least 4 members (excludes halogenated alkanes) is 2. The van der Waals surface area contributed by atoms with E-state index >= 15 is 0 Å². The van der Waals surface area contributed by atoms with Crippen LogP contribution in [0.1, 0.15) is 52.9 Å². The first-order valence-electron chi connectivity index (χ1n) is 7.63. The van der Waals surface area contributed by atoms with E-state index in [1.54, 1.807) is 6.08 Å². The average Bonchev–Trinajstić information content (AvgIpc) is 2.38. The number of ketones is 1. The number of ether oxygens (including phenoxy) is 2. The lowest BCUT2D eigenvalue weighted by Crippen LogP contribution is -2.48. The average molecular weight is 278 g/mol. The summed E-state index contributed by atoms with van der Waals surface area (Å²) in [5, 5.41) is 0. The van der Waals surface area contributed by atoms with Crippen LogP contribution in [0.4, 0.5) is 0 Å². The van der Waals surface area contributed by atoms with Gasteiger partial charge in [0.2, 0.25) is 0 Å². The van der Waals surface area contributed by atoms with Crippen molar-refractivity contribution in [2.24, 2.45) is 5.41 Å². The van der Waals surface area contributed by atoms with E-state index in [0.717, 1.165) is 18.4 Å². The maximum Gasteiger partial charge on any atom is 0.162 e. The molecule has 1 saturated heterocycles. The van der Waals surface area contributed by atoms with Gasteiger partial charge in [-0.25, -0.2) is 0 Å². The highest BCUT2D eigenvalue weighted by Gasteiger charge is 2.43. The number of carbonyl (C=O) groups is 1. The second-order valence-corrected chi connectivity index (χ2v) is 6.56. The first-order chi connectivity index (χ1) is 9.45. The van der Waals surface area contributed by atoms with E-state index in [2.05, 4.69) is 19.1 Å². The van der Waals surface area contributed by atoms with Gasteiger partial charge in [-0.05, 0) is 38.3 Å². The molecule has 0 atom stereocenters. The summed E-state index contributed by atoms with van der Waals surface area (Å²) in [5.74, 6) is -0.328. The third kappa shape index (κ3) is 4.03. The van der Waals surface area contributed by atoms with Crippen LogP contribution in [-0.2, 0) is 14.3 Å². The molecule has 1 heterocycles. The monoisotopic (exact) mass is 278 g/mol. The van der Waals surface area contributed by atoms with Crippen LogP contribution in [0.3, 0.4) is 0 Å². The molecule has 1 aliphatic carbocycles. The van der Waals surface area contributed by atoms with Gasteiger partial charge in [-0.1, -0.05) is 31.9 Å². The van der Waals surface area contributed by atoms with Crippen LogP contribution < -0.4 is 0 Å². The molecule has 0 aromatic carbocycles. The van der Waals surface area contributed by atoms with Gasteiger partial charge in [0.15, 0.2) is 11.6 Å². The maximum atomic E-state index is 12.0. The van der Waals surface area contributed by atoms with Crippen molar-refractivity contribution in [1.29, 1.82) is 0 Å². The van der Waals surface area contributed by atoms with Gasteiger partial charge in [0.05, 0.1) is 13.2 Å². The van der Waals surface area contributed by atoms with E-state index < -0.39 is 5.79 Å². The third-order valence-corrected chi connectivity index (χ3v) is 3.98. The Morgan fingerprint density at radius 1 is 1.25 bits per heavy atom. The summed E-state index contributed by atoms with van der Waals surface area (Å²) < 4.78 is 11.5. The minimum atomic E-state index is -0.521. The van der Waals surface area contributed by atoms with Crippen LogP contribution in [0.2, 0.25) is 0 Å².